The SMILES string of the molecule is C=C(C(=O)O)C(CC(=O)OC1CCCCC1)(C(=O)O)C1CCCC1. The fourth-order valence-corrected chi connectivity index (χ4v) is 4.12. The highest BCUT2D eigenvalue weighted by atomic mass is 16.5. The van der Waals surface area contributed by atoms with Gasteiger partial charge in [0.2, 0.25) is 0 Å². The minimum absolute atomic E-state index is 0.181. The molecular weight excluding hydrogens is 312 g/mol. The van der Waals surface area contributed by atoms with Gasteiger partial charge in [0.25, 0.3) is 0 Å². The summed E-state index contributed by atoms with van der Waals surface area (Å²) in [5.41, 5.74) is -2.18. The Morgan fingerprint density at radius 2 is 1.50 bits per heavy atom. The van der Waals surface area contributed by atoms with Crippen molar-refractivity contribution in [1.82, 2.24) is 0 Å². The number of carboxylic acids is 2. The van der Waals surface area contributed by atoms with E-state index >= 15 is 0 Å². The zero-order valence-corrected chi connectivity index (χ0v) is 14.0. The topological polar surface area (TPSA) is 101 Å². The van der Waals surface area contributed by atoms with Gasteiger partial charge in [-0.1, -0.05) is 25.8 Å². The molecule has 0 aliphatic heterocycles. The first-order valence-electron chi connectivity index (χ1n) is 8.73. The summed E-state index contributed by atoms with van der Waals surface area (Å²) < 4.78 is 5.45. The van der Waals surface area contributed by atoms with Crippen LogP contribution < -0.4 is 0 Å². The van der Waals surface area contributed by atoms with Gasteiger partial charge < -0.3 is 14.9 Å². The number of carbonyl (C=O) groups is 3. The lowest BCUT2D eigenvalue weighted by molar-refractivity contribution is -0.164. The maximum Gasteiger partial charge on any atom is 0.332 e. The fraction of sp³-hybridized carbons (Fsp3) is 0.722. The molecule has 0 bridgehead atoms. The number of esters is 1. The van der Waals surface area contributed by atoms with Crippen LogP contribution in [0.1, 0.15) is 64.2 Å². The molecule has 2 N–H and O–H groups in total. The van der Waals surface area contributed by atoms with Gasteiger partial charge in [-0.15, -0.1) is 0 Å². The third-order valence-electron chi connectivity index (χ3n) is 5.50. The molecule has 2 aliphatic rings. The van der Waals surface area contributed by atoms with Gasteiger partial charge >= 0.3 is 17.9 Å². The highest BCUT2D eigenvalue weighted by Gasteiger charge is 2.53. The van der Waals surface area contributed by atoms with Crippen LogP contribution in [0.2, 0.25) is 0 Å². The molecule has 0 saturated heterocycles. The van der Waals surface area contributed by atoms with Gasteiger partial charge in [0.15, 0.2) is 0 Å². The van der Waals surface area contributed by atoms with Gasteiger partial charge in [-0.3, -0.25) is 9.59 Å². The first kappa shape index (κ1) is 18.5. The number of hydrogen-bond donors (Lipinski definition) is 2. The number of rotatable bonds is 7. The van der Waals surface area contributed by atoms with Crippen molar-refractivity contribution in [2.75, 3.05) is 0 Å². The van der Waals surface area contributed by atoms with Crippen molar-refractivity contribution in [1.29, 1.82) is 0 Å². The summed E-state index contributed by atoms with van der Waals surface area (Å²) in [6.07, 6.45) is 6.90. The molecule has 6 nitrogen and oxygen atoms in total. The van der Waals surface area contributed by atoms with Crippen molar-refractivity contribution in [2.24, 2.45) is 11.3 Å². The summed E-state index contributed by atoms with van der Waals surface area (Å²) in [7, 11) is 0. The van der Waals surface area contributed by atoms with Crippen molar-refractivity contribution in [2.45, 2.75) is 70.3 Å². The third-order valence-corrected chi connectivity index (χ3v) is 5.50. The van der Waals surface area contributed by atoms with Crippen LogP contribution in [0.3, 0.4) is 0 Å². The zero-order valence-electron chi connectivity index (χ0n) is 14.0. The monoisotopic (exact) mass is 338 g/mol. The Morgan fingerprint density at radius 1 is 0.958 bits per heavy atom. The molecule has 0 radical (unpaired) electrons. The maximum atomic E-state index is 12.4. The lowest BCUT2D eigenvalue weighted by atomic mass is 9.67. The Kier molecular flexibility index (Phi) is 6.02. The molecule has 0 heterocycles. The Bertz CT molecular complexity index is 514. The smallest absolute Gasteiger partial charge is 0.332 e. The molecule has 24 heavy (non-hydrogen) atoms. The molecular formula is C18H26O6. The minimum Gasteiger partial charge on any atom is -0.481 e. The standard InChI is InChI=1S/C18H26O6/c1-12(16(20)21)18(17(22)23,13-7-5-6-8-13)11-15(19)24-14-9-3-2-4-10-14/h13-14H,1-11H2,(H,20,21)(H,22,23). The highest BCUT2D eigenvalue weighted by molar-refractivity contribution is 5.98. The van der Waals surface area contributed by atoms with Crippen LogP contribution in [0, 0.1) is 11.3 Å². The lowest BCUT2D eigenvalue weighted by Crippen LogP contribution is -2.44. The molecule has 6 heteroatoms. The lowest BCUT2D eigenvalue weighted by Gasteiger charge is -2.35. The van der Waals surface area contributed by atoms with Crippen molar-refractivity contribution in [3.8, 4) is 0 Å². The van der Waals surface area contributed by atoms with Crippen molar-refractivity contribution in [3.05, 3.63) is 12.2 Å². The van der Waals surface area contributed by atoms with Crippen LogP contribution in [0.25, 0.3) is 0 Å². The molecule has 2 aliphatic carbocycles. The molecule has 0 aromatic carbocycles. The van der Waals surface area contributed by atoms with E-state index in [1.54, 1.807) is 0 Å². The highest BCUT2D eigenvalue weighted by Crippen LogP contribution is 2.47. The van der Waals surface area contributed by atoms with E-state index in [1.807, 2.05) is 0 Å². The quantitative estimate of drug-likeness (QED) is 0.546. The Morgan fingerprint density at radius 3 is 2.00 bits per heavy atom. The van der Waals surface area contributed by atoms with Crippen LogP contribution in [0.4, 0.5) is 0 Å². The van der Waals surface area contributed by atoms with Crippen LogP contribution >= 0.6 is 0 Å². The molecule has 0 aromatic heterocycles. The first-order chi connectivity index (χ1) is 11.4. The van der Waals surface area contributed by atoms with E-state index in [4.69, 9.17) is 4.74 Å². The summed E-state index contributed by atoms with van der Waals surface area (Å²) >= 11 is 0. The van der Waals surface area contributed by atoms with Gasteiger partial charge in [-0.05, 0) is 44.4 Å². The molecule has 0 spiro atoms. The molecule has 2 saturated carbocycles. The molecule has 0 amide bonds. The number of carbonyl (C=O) groups excluding carboxylic acids is 1. The Balaban J connectivity index is 2.20. The first-order valence-corrected chi connectivity index (χ1v) is 8.73. The Labute approximate surface area is 141 Å². The van der Waals surface area contributed by atoms with Gasteiger partial charge in [-0.2, -0.15) is 0 Å². The predicted molar refractivity (Wildman–Crippen MR) is 86.4 cm³/mol. The van der Waals surface area contributed by atoms with Crippen LogP contribution in [0.5, 0.6) is 0 Å². The normalized spacial score (nSPS) is 21.8. The summed E-state index contributed by atoms with van der Waals surface area (Å²) in [6.45, 7) is 3.50. The number of aliphatic carboxylic acids is 2. The van der Waals surface area contributed by atoms with E-state index in [0.717, 1.165) is 44.9 Å². The largest absolute Gasteiger partial charge is 0.481 e. The van der Waals surface area contributed by atoms with E-state index < -0.39 is 41.2 Å². The molecule has 2 rings (SSSR count). The van der Waals surface area contributed by atoms with E-state index in [-0.39, 0.29) is 6.10 Å². The van der Waals surface area contributed by atoms with Crippen LogP contribution in [0.15, 0.2) is 12.2 Å². The van der Waals surface area contributed by atoms with Gasteiger partial charge in [0.1, 0.15) is 11.5 Å². The summed E-state index contributed by atoms with van der Waals surface area (Å²) in [4.78, 5) is 35.9. The van der Waals surface area contributed by atoms with Crippen molar-refractivity contribution < 1.29 is 29.3 Å². The van der Waals surface area contributed by atoms with Gasteiger partial charge in [-0.25, -0.2) is 4.79 Å². The van der Waals surface area contributed by atoms with E-state index in [1.165, 1.54) is 0 Å². The fourth-order valence-electron chi connectivity index (χ4n) is 4.12. The van der Waals surface area contributed by atoms with Crippen LogP contribution in [-0.4, -0.2) is 34.2 Å². The molecule has 2 fully saturated rings. The molecule has 1 atom stereocenters. The van der Waals surface area contributed by atoms with Gasteiger partial charge in [0, 0.05) is 5.57 Å². The average Bonchev–Trinajstić information content (AvgIpc) is 3.07. The second-order valence-corrected chi connectivity index (χ2v) is 6.97. The average molecular weight is 338 g/mol. The minimum atomic E-state index is -1.77. The Hall–Kier alpha value is -1.85. The molecule has 0 aromatic rings. The third kappa shape index (κ3) is 3.79. The van der Waals surface area contributed by atoms with E-state index in [0.29, 0.717) is 12.8 Å². The predicted octanol–water partition coefficient (Wildman–Crippen LogP) is 3.15. The zero-order chi connectivity index (χ0) is 17.7. The maximum absolute atomic E-state index is 12.4. The summed E-state index contributed by atoms with van der Waals surface area (Å²) in [5, 5.41) is 19.2. The number of ether oxygens (including phenoxy) is 1. The van der Waals surface area contributed by atoms with Crippen molar-refractivity contribution in [3.63, 3.8) is 0 Å². The van der Waals surface area contributed by atoms with Crippen molar-refractivity contribution >= 4 is 17.9 Å². The van der Waals surface area contributed by atoms with Crippen LogP contribution in [-0.2, 0) is 19.1 Å². The van der Waals surface area contributed by atoms with Gasteiger partial charge in [0.05, 0.1) is 6.42 Å². The second-order valence-electron chi connectivity index (χ2n) is 6.97. The van der Waals surface area contributed by atoms with E-state index in [9.17, 15) is 24.6 Å². The summed E-state index contributed by atoms with van der Waals surface area (Å²) in [6, 6.07) is 0. The molecule has 134 valence electrons. The number of carboxylic acid groups (broad SMARTS) is 2. The number of hydrogen-bond acceptors (Lipinski definition) is 4. The second kappa shape index (κ2) is 7.81. The summed E-state index contributed by atoms with van der Waals surface area (Å²) in [5.74, 6) is -3.67. The molecule has 1 unspecified atom stereocenters. The van der Waals surface area contributed by atoms with E-state index in [2.05, 4.69) is 6.58 Å².